The standard InChI is InChI=1S/C25H22N2O3/c1-25(2)17-9-5-6-10-18(17)26(3)21(25)13-15-23(28)16(24(15)29)14-22-27(4)19-11-7-8-12-20(19)30-22/h5-14H,1-4H3/p+1. The van der Waals surface area contributed by atoms with Crippen molar-refractivity contribution >= 4 is 28.6 Å². The number of hydrogen-bond donors (Lipinski definition) is 1. The van der Waals surface area contributed by atoms with Gasteiger partial charge in [-0.3, -0.25) is 4.79 Å². The molecular formula is C25H23N2O3+. The Morgan fingerprint density at radius 2 is 1.77 bits per heavy atom. The molecule has 2 aromatic carbocycles. The van der Waals surface area contributed by atoms with Crippen LogP contribution in [-0.2, 0) is 17.3 Å². The lowest BCUT2D eigenvalue weighted by molar-refractivity contribution is -0.652. The molecule has 150 valence electrons. The molecule has 1 aliphatic carbocycles. The quantitative estimate of drug-likeness (QED) is 0.514. The van der Waals surface area contributed by atoms with Crippen LogP contribution >= 0.6 is 0 Å². The molecule has 0 amide bonds. The number of likely N-dealkylation sites (N-methyl/N-ethyl adjacent to an activating group) is 1. The predicted octanol–water partition coefficient (Wildman–Crippen LogP) is 4.35. The third kappa shape index (κ3) is 2.41. The van der Waals surface area contributed by atoms with Gasteiger partial charge in [-0.2, -0.15) is 4.57 Å². The van der Waals surface area contributed by atoms with E-state index in [2.05, 4.69) is 30.9 Å². The van der Waals surface area contributed by atoms with Crippen LogP contribution in [0.1, 0.15) is 25.3 Å². The van der Waals surface area contributed by atoms with Crippen molar-refractivity contribution in [3.8, 4) is 0 Å². The monoisotopic (exact) mass is 399 g/mol. The molecule has 0 bridgehead atoms. The van der Waals surface area contributed by atoms with Gasteiger partial charge >= 0.3 is 5.89 Å². The Balaban J connectivity index is 1.55. The van der Waals surface area contributed by atoms with Crippen LogP contribution in [0.5, 0.6) is 0 Å². The number of aromatic nitrogens is 1. The Bertz CT molecular complexity index is 1320. The molecule has 1 aliphatic heterocycles. The number of nitrogens with zero attached hydrogens (tertiary/aromatic N) is 2. The summed E-state index contributed by atoms with van der Waals surface area (Å²) in [5.41, 5.74) is 5.30. The summed E-state index contributed by atoms with van der Waals surface area (Å²) in [4.78, 5) is 15.0. The van der Waals surface area contributed by atoms with Crippen LogP contribution in [0.15, 0.2) is 81.6 Å². The van der Waals surface area contributed by atoms with Crippen molar-refractivity contribution in [2.45, 2.75) is 19.3 Å². The highest BCUT2D eigenvalue weighted by Gasteiger charge is 2.41. The summed E-state index contributed by atoms with van der Waals surface area (Å²) in [5.74, 6) is 0.345. The van der Waals surface area contributed by atoms with Gasteiger partial charge in [0.15, 0.2) is 0 Å². The molecule has 2 aliphatic rings. The van der Waals surface area contributed by atoms with E-state index in [1.807, 2.05) is 61.1 Å². The number of anilines is 1. The lowest BCUT2D eigenvalue weighted by Crippen LogP contribution is -2.31. The smallest absolute Gasteiger partial charge is 0.374 e. The van der Waals surface area contributed by atoms with E-state index in [-0.39, 0.29) is 22.5 Å². The van der Waals surface area contributed by atoms with Crippen molar-refractivity contribution in [3.05, 3.63) is 88.7 Å². The maximum Gasteiger partial charge on any atom is 0.374 e. The van der Waals surface area contributed by atoms with Crippen LogP contribution in [0.4, 0.5) is 5.69 Å². The summed E-state index contributed by atoms with van der Waals surface area (Å²) in [6, 6.07) is 15.9. The number of rotatable bonds is 2. The van der Waals surface area contributed by atoms with Gasteiger partial charge in [0.2, 0.25) is 11.4 Å². The third-order valence-corrected chi connectivity index (χ3v) is 6.26. The number of hydrogen-bond acceptors (Lipinski definition) is 4. The van der Waals surface area contributed by atoms with Crippen LogP contribution in [0.3, 0.4) is 0 Å². The van der Waals surface area contributed by atoms with Gasteiger partial charge < -0.3 is 14.4 Å². The van der Waals surface area contributed by atoms with Crippen LogP contribution in [0.2, 0.25) is 0 Å². The summed E-state index contributed by atoms with van der Waals surface area (Å²) in [7, 11) is 3.86. The van der Waals surface area contributed by atoms with E-state index in [9.17, 15) is 9.90 Å². The molecule has 0 unspecified atom stereocenters. The first-order valence-electron chi connectivity index (χ1n) is 9.93. The minimum absolute atomic E-state index is 0.00751. The molecule has 0 radical (unpaired) electrons. The first-order chi connectivity index (χ1) is 14.3. The normalized spacial score (nSPS) is 20.4. The van der Waals surface area contributed by atoms with Gasteiger partial charge in [-0.05, 0) is 23.8 Å². The van der Waals surface area contributed by atoms with Crippen molar-refractivity contribution in [2.24, 2.45) is 7.05 Å². The zero-order chi connectivity index (χ0) is 21.2. The first-order valence-corrected chi connectivity index (χ1v) is 9.93. The lowest BCUT2D eigenvalue weighted by atomic mass is 9.80. The molecule has 0 saturated heterocycles. The van der Waals surface area contributed by atoms with Crippen LogP contribution in [0.25, 0.3) is 17.2 Å². The van der Waals surface area contributed by atoms with E-state index in [4.69, 9.17) is 4.42 Å². The van der Waals surface area contributed by atoms with Gasteiger partial charge in [0.1, 0.15) is 12.8 Å². The van der Waals surface area contributed by atoms with Crippen LogP contribution in [0, 0.1) is 0 Å². The average molecular weight is 399 g/mol. The van der Waals surface area contributed by atoms with Gasteiger partial charge in [0.25, 0.3) is 5.52 Å². The highest BCUT2D eigenvalue weighted by atomic mass is 16.4. The van der Waals surface area contributed by atoms with Gasteiger partial charge in [0, 0.05) is 29.9 Å². The number of aliphatic hydroxyl groups excluding tert-OH is 1. The Kier molecular flexibility index (Phi) is 3.81. The van der Waals surface area contributed by atoms with E-state index in [1.165, 1.54) is 5.56 Å². The van der Waals surface area contributed by atoms with E-state index < -0.39 is 0 Å². The van der Waals surface area contributed by atoms with Crippen molar-refractivity contribution in [2.75, 3.05) is 11.9 Å². The van der Waals surface area contributed by atoms with Gasteiger partial charge in [-0.25, -0.2) is 0 Å². The number of benzene rings is 2. The highest BCUT2D eigenvalue weighted by Crippen LogP contribution is 2.48. The summed E-state index contributed by atoms with van der Waals surface area (Å²) in [5, 5.41) is 10.7. The SMILES string of the molecule is CN1/C(=C/C2=C(O)C(=C/c3oc4ccccc4[n+]3C)/C2=O)C(C)(C)c2ccccc21. The topological polar surface area (TPSA) is 57.6 Å². The minimum atomic E-state index is -0.260. The number of para-hydroxylation sites is 3. The van der Waals surface area contributed by atoms with Crippen molar-refractivity contribution in [1.82, 2.24) is 0 Å². The molecule has 5 heteroatoms. The predicted molar refractivity (Wildman–Crippen MR) is 116 cm³/mol. The number of oxazole rings is 1. The first kappa shape index (κ1) is 18.4. The van der Waals surface area contributed by atoms with Gasteiger partial charge in [0.05, 0.1) is 17.2 Å². The number of aliphatic hydroxyl groups is 1. The molecule has 5 rings (SSSR count). The van der Waals surface area contributed by atoms with Crippen LogP contribution < -0.4 is 9.47 Å². The number of carbonyl (C=O) groups excluding carboxylic acids is 1. The molecule has 30 heavy (non-hydrogen) atoms. The molecule has 1 N–H and O–H groups in total. The summed E-state index contributed by atoms with van der Waals surface area (Å²) in [6.45, 7) is 4.26. The summed E-state index contributed by atoms with van der Waals surface area (Å²) in [6.07, 6.45) is 3.42. The molecule has 0 atom stereocenters. The number of fused-ring (bicyclic) bond motifs is 2. The second kappa shape index (κ2) is 6.20. The molecular weight excluding hydrogens is 376 g/mol. The van der Waals surface area contributed by atoms with Gasteiger partial charge in [-0.15, -0.1) is 0 Å². The van der Waals surface area contributed by atoms with E-state index in [0.717, 1.165) is 22.5 Å². The lowest BCUT2D eigenvalue weighted by Gasteiger charge is -2.26. The Morgan fingerprint density at radius 3 is 2.47 bits per heavy atom. The minimum Gasteiger partial charge on any atom is -0.506 e. The number of carbonyl (C=O) groups is 1. The molecule has 2 heterocycles. The number of Topliss-reactive ketones (excluding diaryl/α,β-unsaturated/α-hetero) is 1. The fourth-order valence-electron chi connectivity index (χ4n) is 4.48. The largest absolute Gasteiger partial charge is 0.506 e. The zero-order valence-corrected chi connectivity index (χ0v) is 17.4. The van der Waals surface area contributed by atoms with Crippen molar-refractivity contribution in [1.29, 1.82) is 0 Å². The van der Waals surface area contributed by atoms with E-state index in [0.29, 0.717) is 11.5 Å². The molecule has 5 nitrogen and oxygen atoms in total. The second-order valence-corrected chi connectivity index (χ2v) is 8.35. The second-order valence-electron chi connectivity index (χ2n) is 8.35. The van der Waals surface area contributed by atoms with Crippen LogP contribution in [-0.4, -0.2) is 17.9 Å². The molecule has 3 aromatic rings. The molecule has 0 saturated carbocycles. The summed E-state index contributed by atoms with van der Waals surface area (Å²) < 4.78 is 7.70. The number of allylic oxidation sites excluding steroid dienone is 4. The third-order valence-electron chi connectivity index (χ3n) is 6.26. The number of aryl methyl sites for hydroxylation is 1. The summed E-state index contributed by atoms with van der Waals surface area (Å²) >= 11 is 0. The maximum atomic E-state index is 12.9. The maximum absolute atomic E-state index is 12.9. The fraction of sp³-hybridized carbons (Fsp3) is 0.200. The molecule has 0 fully saturated rings. The van der Waals surface area contributed by atoms with E-state index >= 15 is 0 Å². The Labute approximate surface area is 174 Å². The Morgan fingerprint density at radius 1 is 1.07 bits per heavy atom. The fourth-order valence-corrected chi connectivity index (χ4v) is 4.48. The zero-order valence-electron chi connectivity index (χ0n) is 17.4. The highest BCUT2D eigenvalue weighted by molar-refractivity contribution is 6.23. The average Bonchev–Trinajstić information content (AvgIpc) is 3.16. The number of ketones is 1. The Hall–Kier alpha value is -3.60. The van der Waals surface area contributed by atoms with E-state index in [1.54, 1.807) is 6.08 Å². The van der Waals surface area contributed by atoms with Crippen molar-refractivity contribution < 1.29 is 18.9 Å². The molecule has 1 aromatic heterocycles. The van der Waals surface area contributed by atoms with Crippen molar-refractivity contribution in [3.63, 3.8) is 0 Å². The molecule has 0 spiro atoms. The van der Waals surface area contributed by atoms with Gasteiger partial charge in [-0.1, -0.05) is 44.2 Å².